The van der Waals surface area contributed by atoms with Crippen molar-refractivity contribution in [3.05, 3.63) is 27.9 Å². The van der Waals surface area contributed by atoms with Gasteiger partial charge < -0.3 is 10.7 Å². The number of nitrogens with zero attached hydrogens (tertiary/aromatic N) is 3. The molecule has 3 aliphatic rings. The van der Waals surface area contributed by atoms with E-state index in [2.05, 4.69) is 19.8 Å². The molecule has 1 atom stereocenters. The molecule has 0 aliphatic carbocycles. The third-order valence-corrected chi connectivity index (χ3v) is 3.62. The summed E-state index contributed by atoms with van der Waals surface area (Å²) in [6, 6.07) is 1.69. The maximum atomic E-state index is 11.5. The number of rotatable bonds is 2. The van der Waals surface area contributed by atoms with Crippen LogP contribution in [0.2, 0.25) is 0 Å². The van der Waals surface area contributed by atoms with E-state index >= 15 is 0 Å². The van der Waals surface area contributed by atoms with Crippen molar-refractivity contribution in [3.8, 4) is 0 Å². The highest BCUT2D eigenvalue weighted by Gasteiger charge is 2.34. The van der Waals surface area contributed by atoms with Crippen LogP contribution in [0.1, 0.15) is 17.6 Å². The Bertz CT molecular complexity index is 463. The first kappa shape index (κ1) is 10.9. The minimum Gasteiger partial charge on any atom is -0.325 e. The van der Waals surface area contributed by atoms with Crippen LogP contribution in [0.3, 0.4) is 0 Å². The molecule has 3 saturated heterocycles. The minimum absolute atomic E-state index is 0.104. The molecule has 6 heteroatoms. The molecule has 17 heavy (non-hydrogen) atoms. The number of hydrogen-bond acceptors (Lipinski definition) is 5. The summed E-state index contributed by atoms with van der Waals surface area (Å²) in [5.41, 5.74) is 6.12. The number of aromatic amines is 1. The zero-order valence-corrected chi connectivity index (χ0v) is 9.72. The summed E-state index contributed by atoms with van der Waals surface area (Å²) < 4.78 is 0. The van der Waals surface area contributed by atoms with Crippen LogP contribution in [0.25, 0.3) is 0 Å². The van der Waals surface area contributed by atoms with Crippen LogP contribution in [-0.2, 0) is 6.54 Å². The SMILES string of the molecule is NCc1cc(=O)[nH]c(C2CN3CCN2CC3)n1. The Balaban J connectivity index is 1.93. The Labute approximate surface area is 99.4 Å². The van der Waals surface area contributed by atoms with Gasteiger partial charge in [-0.25, -0.2) is 4.98 Å². The van der Waals surface area contributed by atoms with E-state index < -0.39 is 0 Å². The van der Waals surface area contributed by atoms with Gasteiger partial charge in [0, 0.05) is 45.3 Å². The third-order valence-electron chi connectivity index (χ3n) is 3.62. The molecule has 4 heterocycles. The quantitative estimate of drug-likeness (QED) is 0.680. The largest absolute Gasteiger partial charge is 0.325 e. The highest BCUT2D eigenvalue weighted by atomic mass is 16.1. The van der Waals surface area contributed by atoms with Gasteiger partial charge in [0.2, 0.25) is 0 Å². The van der Waals surface area contributed by atoms with Gasteiger partial charge in [0.1, 0.15) is 5.82 Å². The molecule has 3 aliphatic heterocycles. The van der Waals surface area contributed by atoms with Crippen molar-refractivity contribution >= 4 is 0 Å². The van der Waals surface area contributed by atoms with E-state index in [1.807, 2.05) is 0 Å². The number of nitrogens with one attached hydrogen (secondary N) is 1. The topological polar surface area (TPSA) is 78.2 Å². The number of nitrogens with two attached hydrogens (primary N) is 1. The highest BCUT2D eigenvalue weighted by molar-refractivity contribution is 5.08. The summed E-state index contributed by atoms with van der Waals surface area (Å²) in [5.74, 6) is 0.766. The minimum atomic E-state index is -0.104. The zero-order chi connectivity index (χ0) is 11.8. The summed E-state index contributed by atoms with van der Waals surface area (Å²) in [6.07, 6.45) is 0. The molecule has 1 aromatic heterocycles. The Morgan fingerprint density at radius 3 is 2.76 bits per heavy atom. The molecular formula is C11H17N5O. The zero-order valence-electron chi connectivity index (χ0n) is 9.72. The first-order valence-corrected chi connectivity index (χ1v) is 6.03. The smallest absolute Gasteiger partial charge is 0.251 e. The second-order valence-electron chi connectivity index (χ2n) is 4.68. The van der Waals surface area contributed by atoms with Gasteiger partial charge in [-0.3, -0.25) is 14.6 Å². The molecule has 92 valence electrons. The molecule has 0 spiro atoms. The second-order valence-corrected chi connectivity index (χ2v) is 4.68. The predicted octanol–water partition coefficient (Wildman–Crippen LogP) is -1.10. The first-order valence-electron chi connectivity index (χ1n) is 6.03. The van der Waals surface area contributed by atoms with Crippen LogP contribution < -0.4 is 11.3 Å². The summed E-state index contributed by atoms with van der Waals surface area (Å²) in [7, 11) is 0. The van der Waals surface area contributed by atoms with Gasteiger partial charge in [0.15, 0.2) is 0 Å². The van der Waals surface area contributed by atoms with E-state index in [0.29, 0.717) is 12.2 Å². The van der Waals surface area contributed by atoms with Crippen LogP contribution in [0.4, 0.5) is 0 Å². The van der Waals surface area contributed by atoms with E-state index in [9.17, 15) is 4.79 Å². The Hall–Kier alpha value is -1.24. The molecule has 3 fully saturated rings. The van der Waals surface area contributed by atoms with E-state index in [-0.39, 0.29) is 11.6 Å². The van der Waals surface area contributed by atoms with Crippen LogP contribution in [-0.4, -0.2) is 52.5 Å². The molecule has 2 bridgehead atoms. The van der Waals surface area contributed by atoms with Crippen molar-refractivity contribution in [2.75, 3.05) is 32.7 Å². The Kier molecular flexibility index (Phi) is 2.70. The summed E-state index contributed by atoms with van der Waals surface area (Å²) in [5, 5.41) is 0. The van der Waals surface area contributed by atoms with Gasteiger partial charge >= 0.3 is 0 Å². The maximum absolute atomic E-state index is 11.5. The maximum Gasteiger partial charge on any atom is 0.251 e. The normalized spacial score (nSPS) is 31.7. The average Bonchev–Trinajstić information content (AvgIpc) is 2.39. The van der Waals surface area contributed by atoms with E-state index in [0.717, 1.165) is 38.5 Å². The number of hydrogen-bond donors (Lipinski definition) is 2. The second kappa shape index (κ2) is 4.21. The molecule has 1 unspecified atom stereocenters. The third kappa shape index (κ3) is 1.99. The van der Waals surface area contributed by atoms with Crippen LogP contribution in [0.5, 0.6) is 0 Å². The van der Waals surface area contributed by atoms with Crippen molar-refractivity contribution in [2.24, 2.45) is 5.73 Å². The molecular weight excluding hydrogens is 218 g/mol. The van der Waals surface area contributed by atoms with E-state index in [4.69, 9.17) is 5.73 Å². The van der Waals surface area contributed by atoms with E-state index in [1.165, 1.54) is 6.07 Å². The first-order chi connectivity index (χ1) is 8.26. The lowest BCUT2D eigenvalue weighted by Gasteiger charge is -2.46. The molecule has 0 radical (unpaired) electrons. The highest BCUT2D eigenvalue weighted by Crippen LogP contribution is 2.25. The predicted molar refractivity (Wildman–Crippen MR) is 63.5 cm³/mol. The lowest BCUT2D eigenvalue weighted by molar-refractivity contribution is 0.00846. The van der Waals surface area contributed by atoms with Crippen molar-refractivity contribution < 1.29 is 0 Å². The van der Waals surface area contributed by atoms with Crippen LogP contribution in [0, 0.1) is 0 Å². The van der Waals surface area contributed by atoms with E-state index in [1.54, 1.807) is 0 Å². The Morgan fingerprint density at radius 1 is 1.41 bits per heavy atom. The van der Waals surface area contributed by atoms with Gasteiger partial charge in [-0.1, -0.05) is 0 Å². The fourth-order valence-corrected chi connectivity index (χ4v) is 2.67. The molecule has 0 saturated carbocycles. The van der Waals surface area contributed by atoms with Crippen molar-refractivity contribution in [3.63, 3.8) is 0 Å². The molecule has 0 aromatic carbocycles. The summed E-state index contributed by atoms with van der Waals surface area (Å²) in [6.45, 7) is 5.63. The fraction of sp³-hybridized carbons (Fsp3) is 0.636. The van der Waals surface area contributed by atoms with Gasteiger partial charge in [-0.15, -0.1) is 0 Å². The van der Waals surface area contributed by atoms with Crippen molar-refractivity contribution in [1.82, 2.24) is 19.8 Å². The average molecular weight is 235 g/mol. The molecule has 0 amide bonds. The Morgan fingerprint density at radius 2 is 2.18 bits per heavy atom. The van der Waals surface area contributed by atoms with Gasteiger partial charge in [0.25, 0.3) is 5.56 Å². The number of H-pyrrole nitrogens is 1. The lowest BCUT2D eigenvalue weighted by atomic mass is 10.1. The van der Waals surface area contributed by atoms with Gasteiger partial charge in [-0.05, 0) is 0 Å². The molecule has 1 aromatic rings. The van der Waals surface area contributed by atoms with Crippen LogP contribution in [0.15, 0.2) is 10.9 Å². The standard InChI is InChI=1S/C11H17N5O/c12-6-8-5-10(17)14-11(13-8)9-7-15-1-3-16(9)4-2-15/h5,9H,1-4,6-7,12H2,(H,13,14,17). The summed E-state index contributed by atoms with van der Waals surface area (Å²) >= 11 is 0. The van der Waals surface area contributed by atoms with Gasteiger partial charge in [0.05, 0.1) is 11.7 Å². The number of piperazine rings is 3. The number of aromatic nitrogens is 2. The van der Waals surface area contributed by atoms with Crippen molar-refractivity contribution in [1.29, 1.82) is 0 Å². The monoisotopic (exact) mass is 235 g/mol. The number of fused-ring (bicyclic) bond motifs is 3. The lowest BCUT2D eigenvalue weighted by Crippen LogP contribution is -2.57. The summed E-state index contributed by atoms with van der Waals surface area (Å²) in [4.78, 5) is 23.6. The van der Waals surface area contributed by atoms with Gasteiger partial charge in [-0.2, -0.15) is 0 Å². The van der Waals surface area contributed by atoms with Crippen molar-refractivity contribution in [2.45, 2.75) is 12.6 Å². The fourth-order valence-electron chi connectivity index (χ4n) is 2.67. The molecule has 4 rings (SSSR count). The van der Waals surface area contributed by atoms with Crippen LogP contribution >= 0.6 is 0 Å². The molecule has 3 N–H and O–H groups in total. The molecule has 6 nitrogen and oxygen atoms in total.